The van der Waals surface area contributed by atoms with E-state index in [9.17, 15) is 17.9 Å². The van der Waals surface area contributed by atoms with Gasteiger partial charge in [-0.05, 0) is 59.5 Å². The summed E-state index contributed by atoms with van der Waals surface area (Å²) in [5.41, 5.74) is 2.27. The fraction of sp³-hybridized carbons (Fsp3) is 0.286. The molecule has 0 spiro atoms. The number of hydrogen-bond donors (Lipinski definition) is 2. The first kappa shape index (κ1) is 27.8. The van der Waals surface area contributed by atoms with Crippen LogP contribution in [-0.4, -0.2) is 49.1 Å². The van der Waals surface area contributed by atoms with E-state index in [0.717, 1.165) is 5.56 Å². The Kier molecular flexibility index (Phi) is 8.27. The smallest absolute Gasteiger partial charge is 0.288 e. The van der Waals surface area contributed by atoms with Crippen molar-refractivity contribution >= 4 is 44.4 Å². The molecule has 0 saturated carbocycles. The third-order valence-corrected chi connectivity index (χ3v) is 8.44. The number of nitrogens with one attached hydrogen (secondary N) is 1. The fourth-order valence-electron chi connectivity index (χ4n) is 4.00. The fourth-order valence-corrected chi connectivity index (χ4v) is 5.73. The molecule has 4 rings (SSSR count). The van der Waals surface area contributed by atoms with E-state index in [4.69, 9.17) is 17.0 Å². The number of aliphatic hydroxyl groups excluding tert-OH is 1. The Hall–Kier alpha value is -3.18. The SMILES string of the molecule is CC(C)(C)c1cc[n+](C(C(=S)Nc2ccc(S(=O)(=O)N3CCOCC3)cc2)=C(O)c2ccc(F)cc2)cc1. The number of rotatable bonds is 6. The van der Waals surface area contributed by atoms with Crippen LogP contribution in [-0.2, 0) is 20.2 Å². The van der Waals surface area contributed by atoms with Gasteiger partial charge in [-0.1, -0.05) is 33.0 Å². The summed E-state index contributed by atoms with van der Waals surface area (Å²) < 4.78 is 47.7. The van der Waals surface area contributed by atoms with E-state index in [2.05, 4.69) is 26.1 Å². The normalized spacial score (nSPS) is 15.6. The molecule has 2 heterocycles. The first-order valence-electron chi connectivity index (χ1n) is 12.2. The molecule has 2 N–H and O–H groups in total. The number of morpholine rings is 1. The summed E-state index contributed by atoms with van der Waals surface area (Å²) in [4.78, 5) is 0.372. The van der Waals surface area contributed by atoms with Crippen molar-refractivity contribution in [3.05, 3.63) is 90.0 Å². The van der Waals surface area contributed by atoms with Gasteiger partial charge < -0.3 is 15.2 Å². The number of anilines is 1. The predicted molar refractivity (Wildman–Crippen MR) is 150 cm³/mol. The van der Waals surface area contributed by atoms with Gasteiger partial charge in [0.05, 0.1) is 18.1 Å². The van der Waals surface area contributed by atoms with Crippen LogP contribution in [0.1, 0.15) is 31.9 Å². The van der Waals surface area contributed by atoms with Gasteiger partial charge in [-0.25, -0.2) is 12.8 Å². The zero-order chi connectivity index (χ0) is 27.5. The highest BCUT2D eigenvalue weighted by Gasteiger charge is 2.27. The molecule has 1 aliphatic heterocycles. The predicted octanol–water partition coefficient (Wildman–Crippen LogP) is 4.75. The topological polar surface area (TPSA) is 82.8 Å². The maximum atomic E-state index is 13.5. The van der Waals surface area contributed by atoms with Crippen LogP contribution < -0.4 is 9.88 Å². The van der Waals surface area contributed by atoms with Gasteiger partial charge in [-0.3, -0.25) is 0 Å². The molecule has 3 aromatic rings. The van der Waals surface area contributed by atoms with Crippen LogP contribution in [0.4, 0.5) is 10.1 Å². The molecule has 1 saturated heterocycles. The van der Waals surface area contributed by atoms with Gasteiger partial charge in [0.15, 0.2) is 23.1 Å². The van der Waals surface area contributed by atoms with Crippen molar-refractivity contribution in [1.82, 2.24) is 4.31 Å². The molecule has 0 radical (unpaired) electrons. The number of thiocarbonyl (C=S) groups is 1. The molecule has 38 heavy (non-hydrogen) atoms. The maximum Gasteiger partial charge on any atom is 0.288 e. The van der Waals surface area contributed by atoms with Crippen LogP contribution in [0, 0.1) is 5.82 Å². The number of pyridine rings is 1. The average molecular weight is 557 g/mol. The lowest BCUT2D eigenvalue weighted by Gasteiger charge is -2.26. The summed E-state index contributed by atoms with van der Waals surface area (Å²) in [5, 5.41) is 14.3. The van der Waals surface area contributed by atoms with Crippen molar-refractivity contribution in [3.8, 4) is 0 Å². The van der Waals surface area contributed by atoms with Gasteiger partial charge in [0, 0.05) is 36.5 Å². The molecule has 1 aliphatic rings. The van der Waals surface area contributed by atoms with Crippen LogP contribution in [0.2, 0.25) is 0 Å². The minimum Gasteiger partial charge on any atom is -0.502 e. The molecular formula is C28H31FN3O4S2+. The summed E-state index contributed by atoms with van der Waals surface area (Å²) in [5.74, 6) is -0.555. The number of aromatic nitrogens is 1. The number of ether oxygens (including phenoxy) is 1. The van der Waals surface area contributed by atoms with Crippen LogP contribution in [0.5, 0.6) is 0 Å². The monoisotopic (exact) mass is 556 g/mol. The van der Waals surface area contributed by atoms with Gasteiger partial charge >= 0.3 is 0 Å². The second-order valence-electron chi connectivity index (χ2n) is 9.94. The van der Waals surface area contributed by atoms with Crippen molar-refractivity contribution in [3.63, 3.8) is 0 Å². The summed E-state index contributed by atoms with van der Waals surface area (Å²) in [6.45, 7) is 7.68. The molecular weight excluding hydrogens is 525 g/mol. The Morgan fingerprint density at radius 3 is 2.13 bits per heavy atom. The molecule has 1 fully saturated rings. The van der Waals surface area contributed by atoms with Crippen molar-refractivity contribution in [2.75, 3.05) is 31.6 Å². The molecule has 0 aliphatic carbocycles. The Bertz CT molecular complexity index is 1430. The summed E-state index contributed by atoms with van der Waals surface area (Å²) in [7, 11) is -3.63. The van der Waals surface area contributed by atoms with Crippen molar-refractivity contribution in [2.45, 2.75) is 31.1 Å². The standard InChI is InChI=1S/C28H30FN3O4S2/c1-28(2,3)21-12-14-31(15-13-21)25(26(33)20-4-6-22(29)7-5-20)27(37)30-23-8-10-24(11-9-23)38(34,35)32-16-18-36-19-17-32/h4-15H,16-19H2,1-3H3,(H-,30,33,37)/p+1. The van der Waals surface area contributed by atoms with E-state index < -0.39 is 15.8 Å². The minimum absolute atomic E-state index is 0.0654. The molecule has 0 unspecified atom stereocenters. The highest BCUT2D eigenvalue weighted by atomic mass is 32.2. The largest absolute Gasteiger partial charge is 0.502 e. The number of nitrogens with zero attached hydrogens (tertiary/aromatic N) is 2. The van der Waals surface area contributed by atoms with E-state index >= 15 is 0 Å². The first-order chi connectivity index (χ1) is 18.0. The van der Waals surface area contributed by atoms with E-state index in [1.54, 1.807) is 16.7 Å². The van der Waals surface area contributed by atoms with Crippen LogP contribution in [0.25, 0.3) is 11.5 Å². The maximum absolute atomic E-state index is 13.5. The molecule has 0 atom stereocenters. The van der Waals surface area contributed by atoms with E-state index in [1.807, 2.05) is 24.5 Å². The Balaban J connectivity index is 1.65. The highest BCUT2D eigenvalue weighted by Crippen LogP contribution is 2.24. The molecule has 2 aromatic carbocycles. The molecule has 0 bridgehead atoms. The number of sulfonamides is 1. The minimum atomic E-state index is -3.63. The molecule has 200 valence electrons. The number of aliphatic hydroxyl groups is 1. The molecule has 0 amide bonds. The van der Waals surface area contributed by atoms with E-state index in [-0.39, 0.29) is 26.8 Å². The molecule has 1 aromatic heterocycles. The van der Waals surface area contributed by atoms with Gasteiger partial charge in [0.25, 0.3) is 5.70 Å². The first-order valence-corrected chi connectivity index (χ1v) is 14.0. The van der Waals surface area contributed by atoms with E-state index in [0.29, 0.717) is 37.6 Å². The number of benzene rings is 2. The zero-order valence-corrected chi connectivity index (χ0v) is 23.2. The zero-order valence-electron chi connectivity index (χ0n) is 21.5. The Morgan fingerprint density at radius 2 is 1.58 bits per heavy atom. The summed E-state index contributed by atoms with van der Waals surface area (Å²) in [6.07, 6.45) is 3.61. The van der Waals surface area contributed by atoms with Gasteiger partial charge in [-0.2, -0.15) is 8.87 Å². The van der Waals surface area contributed by atoms with Gasteiger partial charge in [-0.15, -0.1) is 0 Å². The van der Waals surface area contributed by atoms with Crippen LogP contribution in [0.3, 0.4) is 0 Å². The third-order valence-electron chi connectivity index (χ3n) is 6.23. The summed E-state index contributed by atoms with van der Waals surface area (Å²) >= 11 is 5.69. The lowest BCUT2D eigenvalue weighted by atomic mass is 9.88. The van der Waals surface area contributed by atoms with Crippen molar-refractivity contribution < 1.29 is 27.2 Å². The van der Waals surface area contributed by atoms with Gasteiger partial charge in [0.1, 0.15) is 5.82 Å². The second kappa shape index (κ2) is 11.3. The molecule has 10 heteroatoms. The number of hydrogen-bond acceptors (Lipinski definition) is 5. The van der Waals surface area contributed by atoms with Crippen LogP contribution in [0.15, 0.2) is 78.0 Å². The Morgan fingerprint density at radius 1 is 1.00 bits per heavy atom. The van der Waals surface area contributed by atoms with Crippen LogP contribution >= 0.6 is 12.2 Å². The Labute approximate surface area is 228 Å². The van der Waals surface area contributed by atoms with Crippen molar-refractivity contribution in [1.29, 1.82) is 0 Å². The lowest BCUT2D eigenvalue weighted by molar-refractivity contribution is -0.575. The number of halogens is 1. The second-order valence-corrected chi connectivity index (χ2v) is 12.3. The van der Waals surface area contributed by atoms with Gasteiger partial charge in [0.2, 0.25) is 10.0 Å². The average Bonchev–Trinajstić information content (AvgIpc) is 2.90. The summed E-state index contributed by atoms with van der Waals surface area (Å²) in [6, 6.07) is 15.7. The quantitative estimate of drug-likeness (QED) is 0.197. The van der Waals surface area contributed by atoms with Crippen molar-refractivity contribution in [2.24, 2.45) is 0 Å². The highest BCUT2D eigenvalue weighted by molar-refractivity contribution is 7.89. The third kappa shape index (κ3) is 6.27. The van der Waals surface area contributed by atoms with E-state index in [1.165, 1.54) is 40.7 Å². The lowest BCUT2D eigenvalue weighted by Crippen LogP contribution is -2.40. The molecule has 7 nitrogen and oxygen atoms in total.